The van der Waals surface area contributed by atoms with E-state index >= 15 is 0 Å². The van der Waals surface area contributed by atoms with E-state index in [1.807, 2.05) is 18.2 Å². The topological polar surface area (TPSA) is 72.1 Å². The van der Waals surface area contributed by atoms with Gasteiger partial charge in [0.05, 0.1) is 20.8 Å². The number of guanidine groups is 1. The van der Waals surface area contributed by atoms with Gasteiger partial charge in [0.15, 0.2) is 17.5 Å². The molecule has 0 aliphatic carbocycles. The third-order valence-corrected chi connectivity index (χ3v) is 4.97. The number of benzene rings is 2. The van der Waals surface area contributed by atoms with Crippen molar-refractivity contribution < 1.29 is 9.47 Å². The van der Waals surface area contributed by atoms with Crippen LogP contribution in [-0.2, 0) is 13.1 Å². The lowest BCUT2D eigenvalue weighted by molar-refractivity contribution is 0.221. The molecule has 1 fully saturated rings. The van der Waals surface area contributed by atoms with Crippen molar-refractivity contribution in [1.82, 2.24) is 4.90 Å². The molecule has 0 atom stereocenters. The summed E-state index contributed by atoms with van der Waals surface area (Å²) >= 11 is 0. The third kappa shape index (κ3) is 5.63. The average molecular weight is 383 g/mol. The average Bonchev–Trinajstić information content (AvgIpc) is 2.74. The van der Waals surface area contributed by atoms with Gasteiger partial charge >= 0.3 is 0 Å². The molecule has 1 aliphatic rings. The van der Waals surface area contributed by atoms with Gasteiger partial charge in [-0.05, 0) is 49.2 Å². The number of aliphatic imine (C=N–C) groups is 1. The number of hydrogen-bond acceptors (Lipinski definition) is 4. The molecule has 1 aliphatic heterocycles. The van der Waals surface area contributed by atoms with E-state index in [2.05, 4.69) is 39.5 Å². The standard InChI is InChI=1S/C22H30N4O2/c1-27-20-11-10-19(14-21(20)28-2)25-22(23)24-15-17-6-8-18(9-7-17)16-26-12-4-3-5-13-26/h6-11,14H,3-5,12-13,15-16H2,1-2H3,(H3,23,24,25). The third-order valence-electron chi connectivity index (χ3n) is 4.97. The summed E-state index contributed by atoms with van der Waals surface area (Å²) in [4.78, 5) is 6.96. The molecule has 2 aromatic carbocycles. The maximum absolute atomic E-state index is 6.03. The van der Waals surface area contributed by atoms with E-state index in [1.165, 1.54) is 37.9 Å². The van der Waals surface area contributed by atoms with E-state index in [1.54, 1.807) is 14.2 Å². The lowest BCUT2D eigenvalue weighted by Crippen LogP contribution is -2.29. The molecule has 6 heteroatoms. The summed E-state index contributed by atoms with van der Waals surface area (Å²) < 4.78 is 10.5. The van der Waals surface area contributed by atoms with Gasteiger partial charge in [-0.25, -0.2) is 4.99 Å². The quantitative estimate of drug-likeness (QED) is 0.565. The van der Waals surface area contributed by atoms with Gasteiger partial charge in [-0.1, -0.05) is 30.7 Å². The Labute approximate surface area is 167 Å². The molecule has 1 saturated heterocycles. The van der Waals surface area contributed by atoms with E-state index in [0.717, 1.165) is 17.8 Å². The van der Waals surface area contributed by atoms with Crippen molar-refractivity contribution in [3.63, 3.8) is 0 Å². The maximum Gasteiger partial charge on any atom is 0.193 e. The molecule has 1 heterocycles. The number of nitrogens with two attached hydrogens (primary N) is 1. The minimum atomic E-state index is 0.365. The van der Waals surface area contributed by atoms with E-state index in [4.69, 9.17) is 15.2 Å². The zero-order chi connectivity index (χ0) is 19.8. The Balaban J connectivity index is 1.54. The molecular formula is C22H30N4O2. The Hall–Kier alpha value is -2.73. The summed E-state index contributed by atoms with van der Waals surface area (Å²) in [5.41, 5.74) is 9.32. The summed E-state index contributed by atoms with van der Waals surface area (Å²) in [5.74, 6) is 1.68. The fraction of sp³-hybridized carbons (Fsp3) is 0.409. The van der Waals surface area contributed by atoms with Gasteiger partial charge in [0.25, 0.3) is 0 Å². The van der Waals surface area contributed by atoms with Crippen LogP contribution in [0.5, 0.6) is 11.5 Å². The molecule has 0 saturated carbocycles. The summed E-state index contributed by atoms with van der Waals surface area (Å²) in [6.07, 6.45) is 4.00. The second-order valence-corrected chi connectivity index (χ2v) is 7.05. The SMILES string of the molecule is COc1ccc(NC(N)=NCc2ccc(CN3CCCCC3)cc2)cc1OC. The summed E-state index contributed by atoms with van der Waals surface area (Å²) in [6.45, 7) is 4.00. The van der Waals surface area contributed by atoms with Crippen LogP contribution in [0.4, 0.5) is 5.69 Å². The first-order valence-electron chi connectivity index (χ1n) is 9.77. The van der Waals surface area contributed by atoms with Crippen LogP contribution in [0.2, 0.25) is 0 Å². The van der Waals surface area contributed by atoms with E-state index in [0.29, 0.717) is 24.0 Å². The number of hydrogen-bond donors (Lipinski definition) is 2. The molecule has 2 aromatic rings. The number of likely N-dealkylation sites (tertiary alicyclic amines) is 1. The molecular weight excluding hydrogens is 352 g/mol. The van der Waals surface area contributed by atoms with E-state index < -0.39 is 0 Å². The number of ether oxygens (including phenoxy) is 2. The predicted octanol–water partition coefficient (Wildman–Crippen LogP) is 3.62. The largest absolute Gasteiger partial charge is 0.493 e. The number of nitrogens with zero attached hydrogens (tertiary/aromatic N) is 2. The van der Waals surface area contributed by atoms with Crippen molar-refractivity contribution in [2.75, 3.05) is 32.6 Å². The second-order valence-electron chi connectivity index (χ2n) is 7.05. The maximum atomic E-state index is 6.03. The first-order valence-corrected chi connectivity index (χ1v) is 9.77. The van der Waals surface area contributed by atoms with Crippen molar-refractivity contribution in [3.8, 4) is 11.5 Å². The predicted molar refractivity (Wildman–Crippen MR) is 114 cm³/mol. The molecule has 6 nitrogen and oxygen atoms in total. The molecule has 0 amide bonds. The smallest absolute Gasteiger partial charge is 0.193 e. The summed E-state index contributed by atoms with van der Waals surface area (Å²) in [6, 6.07) is 14.2. The minimum Gasteiger partial charge on any atom is -0.493 e. The van der Waals surface area contributed by atoms with Crippen molar-refractivity contribution in [2.24, 2.45) is 10.7 Å². The van der Waals surface area contributed by atoms with Crippen LogP contribution in [0.15, 0.2) is 47.5 Å². The minimum absolute atomic E-state index is 0.365. The van der Waals surface area contributed by atoms with Crippen LogP contribution in [0.25, 0.3) is 0 Å². The zero-order valence-corrected chi connectivity index (χ0v) is 16.8. The highest BCUT2D eigenvalue weighted by Gasteiger charge is 2.10. The molecule has 0 spiro atoms. The van der Waals surface area contributed by atoms with Crippen molar-refractivity contribution in [1.29, 1.82) is 0 Å². The highest BCUT2D eigenvalue weighted by molar-refractivity contribution is 5.92. The molecule has 0 aromatic heterocycles. The Morgan fingerprint density at radius 3 is 2.32 bits per heavy atom. The van der Waals surface area contributed by atoms with Crippen LogP contribution in [-0.4, -0.2) is 38.2 Å². The molecule has 0 radical (unpaired) electrons. The molecule has 0 bridgehead atoms. The van der Waals surface area contributed by atoms with Gasteiger partial charge < -0.3 is 20.5 Å². The number of rotatable bonds is 7. The fourth-order valence-electron chi connectivity index (χ4n) is 3.40. The Bertz CT molecular complexity index is 784. The Morgan fingerprint density at radius 2 is 1.64 bits per heavy atom. The summed E-state index contributed by atoms with van der Waals surface area (Å²) in [5, 5.41) is 3.09. The molecule has 3 rings (SSSR count). The van der Waals surface area contributed by atoms with Gasteiger partial charge in [-0.3, -0.25) is 4.90 Å². The van der Waals surface area contributed by atoms with E-state index in [-0.39, 0.29) is 0 Å². The van der Waals surface area contributed by atoms with Crippen molar-refractivity contribution >= 4 is 11.6 Å². The van der Waals surface area contributed by atoms with Crippen molar-refractivity contribution in [3.05, 3.63) is 53.6 Å². The second kappa shape index (κ2) is 9.99. The van der Waals surface area contributed by atoms with Crippen LogP contribution >= 0.6 is 0 Å². The van der Waals surface area contributed by atoms with Gasteiger partial charge in [0.2, 0.25) is 0 Å². The molecule has 3 N–H and O–H groups in total. The van der Waals surface area contributed by atoms with Crippen LogP contribution < -0.4 is 20.5 Å². The Kier molecular flexibility index (Phi) is 7.14. The van der Waals surface area contributed by atoms with Crippen LogP contribution in [0.3, 0.4) is 0 Å². The lowest BCUT2D eigenvalue weighted by Gasteiger charge is -2.26. The highest BCUT2D eigenvalue weighted by atomic mass is 16.5. The van der Waals surface area contributed by atoms with E-state index in [9.17, 15) is 0 Å². The summed E-state index contributed by atoms with van der Waals surface area (Å²) in [7, 11) is 3.21. The molecule has 28 heavy (non-hydrogen) atoms. The van der Waals surface area contributed by atoms with Gasteiger partial charge in [-0.2, -0.15) is 0 Å². The number of nitrogens with one attached hydrogen (secondary N) is 1. The highest BCUT2D eigenvalue weighted by Crippen LogP contribution is 2.29. The molecule has 0 unspecified atom stereocenters. The lowest BCUT2D eigenvalue weighted by atomic mass is 10.1. The number of methoxy groups -OCH3 is 2. The Morgan fingerprint density at radius 1 is 0.964 bits per heavy atom. The van der Waals surface area contributed by atoms with Gasteiger partial charge in [-0.15, -0.1) is 0 Å². The van der Waals surface area contributed by atoms with Crippen LogP contribution in [0, 0.1) is 0 Å². The molecule has 150 valence electrons. The first kappa shape index (κ1) is 20.0. The van der Waals surface area contributed by atoms with Crippen molar-refractivity contribution in [2.45, 2.75) is 32.4 Å². The number of piperidine rings is 1. The normalized spacial score (nSPS) is 15.3. The monoisotopic (exact) mass is 382 g/mol. The first-order chi connectivity index (χ1) is 13.7. The zero-order valence-electron chi connectivity index (χ0n) is 16.8. The number of anilines is 1. The van der Waals surface area contributed by atoms with Gasteiger partial charge in [0.1, 0.15) is 0 Å². The fourth-order valence-corrected chi connectivity index (χ4v) is 3.40. The van der Waals surface area contributed by atoms with Crippen LogP contribution in [0.1, 0.15) is 30.4 Å². The van der Waals surface area contributed by atoms with Gasteiger partial charge in [0, 0.05) is 18.3 Å².